The van der Waals surface area contributed by atoms with Crippen molar-refractivity contribution in [3.05, 3.63) is 11.6 Å². The topological polar surface area (TPSA) is 119 Å². The number of hydrogen-bond acceptors (Lipinski definition) is 7. The lowest BCUT2D eigenvalue weighted by Gasteiger charge is -2.32. The van der Waals surface area contributed by atoms with Crippen molar-refractivity contribution in [2.24, 2.45) is 5.14 Å². The number of rotatable bonds is 8. The third kappa shape index (κ3) is 5.13. The molecule has 0 radical (unpaired) electrons. The van der Waals surface area contributed by atoms with Gasteiger partial charge in [0.05, 0.1) is 0 Å². The first-order chi connectivity index (χ1) is 11.2. The minimum Gasteiger partial charge on any atom is -0.385 e. The molecule has 12 heteroatoms. The summed E-state index contributed by atoms with van der Waals surface area (Å²) in [7, 11) is -6.10. The van der Waals surface area contributed by atoms with E-state index < -0.39 is 20.0 Å². The van der Waals surface area contributed by atoms with E-state index in [1.165, 1.54) is 10.4 Å². The Morgan fingerprint density at radius 2 is 2.16 bits per heavy atom. The standard InChI is InChI=1S/C13H23N3O5S3.ClH/c1-3-5-15-11-9-16(6-4-7-21-2)24(19,20)13-10(11)8-12(22-13)23(14,17)18;/h8,11,15H,3-7,9H2,1-2H3,(H2,14,17,18);1H/t11-;/m0./s1. The summed E-state index contributed by atoms with van der Waals surface area (Å²) in [4.78, 5) is 0. The summed E-state index contributed by atoms with van der Waals surface area (Å²) < 4.78 is 55.1. The monoisotopic (exact) mass is 433 g/mol. The van der Waals surface area contributed by atoms with E-state index in [0.717, 1.165) is 6.42 Å². The first-order valence-corrected chi connectivity index (χ1v) is 11.4. The molecule has 3 N–H and O–H groups in total. The van der Waals surface area contributed by atoms with Gasteiger partial charge in [-0.05, 0) is 25.5 Å². The van der Waals surface area contributed by atoms with Crippen LogP contribution in [-0.4, -0.2) is 54.5 Å². The summed E-state index contributed by atoms with van der Waals surface area (Å²) in [5.74, 6) is 0. The van der Waals surface area contributed by atoms with Crippen LogP contribution in [0, 0.1) is 0 Å². The normalized spacial score (nSPS) is 20.0. The minimum absolute atomic E-state index is 0. The Balaban J connectivity index is 0.00000312. The largest absolute Gasteiger partial charge is 0.385 e. The number of thiophene rings is 1. The molecular weight excluding hydrogens is 410 g/mol. The molecule has 25 heavy (non-hydrogen) atoms. The van der Waals surface area contributed by atoms with Crippen LogP contribution in [0.2, 0.25) is 0 Å². The van der Waals surface area contributed by atoms with Crippen LogP contribution in [0.3, 0.4) is 0 Å². The molecule has 0 spiro atoms. The van der Waals surface area contributed by atoms with Gasteiger partial charge < -0.3 is 10.1 Å². The van der Waals surface area contributed by atoms with Gasteiger partial charge in [-0.25, -0.2) is 22.0 Å². The number of sulfonamides is 2. The summed E-state index contributed by atoms with van der Waals surface area (Å²) in [5.41, 5.74) is 0.487. The first kappa shape index (κ1) is 22.8. The predicted octanol–water partition coefficient (Wildman–Crippen LogP) is 0.899. The summed E-state index contributed by atoms with van der Waals surface area (Å²) in [5, 5.41) is 8.46. The molecule has 2 heterocycles. The zero-order valence-electron chi connectivity index (χ0n) is 14.1. The minimum atomic E-state index is -3.94. The second-order valence-electron chi connectivity index (χ2n) is 5.57. The maximum Gasteiger partial charge on any atom is 0.252 e. The van der Waals surface area contributed by atoms with Crippen LogP contribution in [0.1, 0.15) is 31.4 Å². The maximum absolute atomic E-state index is 12.8. The van der Waals surface area contributed by atoms with Gasteiger partial charge >= 0.3 is 0 Å². The fourth-order valence-corrected chi connectivity index (χ4v) is 6.86. The summed E-state index contributed by atoms with van der Waals surface area (Å²) in [6, 6.07) is 1.13. The second kappa shape index (κ2) is 9.09. The van der Waals surface area contributed by atoms with E-state index in [0.29, 0.717) is 43.0 Å². The van der Waals surface area contributed by atoms with Gasteiger partial charge in [0.25, 0.3) is 10.0 Å². The van der Waals surface area contributed by atoms with Crippen molar-refractivity contribution in [1.29, 1.82) is 0 Å². The number of nitrogens with zero attached hydrogens (tertiary/aromatic N) is 1. The Labute approximate surface area is 159 Å². The van der Waals surface area contributed by atoms with Crippen LogP contribution >= 0.6 is 23.7 Å². The number of nitrogens with two attached hydrogens (primary N) is 1. The van der Waals surface area contributed by atoms with Gasteiger partial charge in [-0.3, -0.25) is 0 Å². The van der Waals surface area contributed by atoms with Gasteiger partial charge in [-0.15, -0.1) is 23.7 Å². The molecule has 1 aliphatic rings. The molecule has 1 aromatic heterocycles. The third-order valence-corrected chi connectivity index (χ3v) is 8.68. The van der Waals surface area contributed by atoms with Crippen molar-refractivity contribution in [2.75, 3.05) is 33.4 Å². The van der Waals surface area contributed by atoms with Gasteiger partial charge in [0, 0.05) is 38.4 Å². The SMILES string of the molecule is CCCN[C@H]1CN(CCCOC)S(=O)(=O)c2sc(S(N)(=O)=O)cc21.Cl. The number of fused-ring (bicyclic) bond motifs is 1. The number of primary sulfonamides is 1. The van der Waals surface area contributed by atoms with E-state index in [2.05, 4.69) is 5.32 Å². The molecule has 1 atom stereocenters. The molecule has 146 valence electrons. The predicted molar refractivity (Wildman–Crippen MR) is 99.2 cm³/mol. The fraction of sp³-hybridized carbons (Fsp3) is 0.692. The third-order valence-electron chi connectivity index (χ3n) is 3.72. The lowest BCUT2D eigenvalue weighted by molar-refractivity contribution is 0.185. The van der Waals surface area contributed by atoms with Crippen LogP contribution in [-0.2, 0) is 24.8 Å². The molecule has 0 saturated carbocycles. The summed E-state index contributed by atoms with van der Waals surface area (Å²) in [6.45, 7) is 3.75. The van der Waals surface area contributed by atoms with Gasteiger partial charge in [0.2, 0.25) is 10.0 Å². The molecule has 1 aliphatic heterocycles. The van der Waals surface area contributed by atoms with Crippen molar-refractivity contribution >= 4 is 43.8 Å². The molecular formula is C13H24ClN3O5S3. The number of ether oxygens (including phenoxy) is 1. The van der Waals surface area contributed by atoms with Crippen LogP contribution in [0.5, 0.6) is 0 Å². The highest BCUT2D eigenvalue weighted by molar-refractivity contribution is 7.94. The molecule has 2 rings (SSSR count). The fourth-order valence-electron chi connectivity index (χ4n) is 2.56. The highest BCUT2D eigenvalue weighted by atomic mass is 35.5. The molecule has 8 nitrogen and oxygen atoms in total. The van der Waals surface area contributed by atoms with E-state index >= 15 is 0 Å². The zero-order chi connectivity index (χ0) is 18.0. The lowest BCUT2D eigenvalue weighted by atomic mass is 10.1. The van der Waals surface area contributed by atoms with Gasteiger partial charge in [0.1, 0.15) is 8.42 Å². The van der Waals surface area contributed by atoms with E-state index in [1.807, 2.05) is 6.92 Å². The van der Waals surface area contributed by atoms with Gasteiger partial charge in [-0.1, -0.05) is 6.92 Å². The Hall–Kier alpha value is -0.270. The van der Waals surface area contributed by atoms with Crippen LogP contribution in [0.15, 0.2) is 14.5 Å². The van der Waals surface area contributed by atoms with Crippen LogP contribution in [0.25, 0.3) is 0 Å². The second-order valence-corrected chi connectivity index (χ2v) is 10.5. The van der Waals surface area contributed by atoms with Crippen LogP contribution < -0.4 is 10.5 Å². The highest BCUT2D eigenvalue weighted by Crippen LogP contribution is 2.39. The van der Waals surface area contributed by atoms with Crippen molar-refractivity contribution < 1.29 is 21.6 Å². The Morgan fingerprint density at radius 3 is 2.72 bits per heavy atom. The lowest BCUT2D eigenvalue weighted by Crippen LogP contribution is -2.44. The number of hydrogen-bond donors (Lipinski definition) is 2. The van der Waals surface area contributed by atoms with Crippen molar-refractivity contribution in [3.63, 3.8) is 0 Å². The average Bonchev–Trinajstić information content (AvgIpc) is 2.95. The van der Waals surface area contributed by atoms with E-state index in [1.54, 1.807) is 7.11 Å². The van der Waals surface area contributed by atoms with Crippen molar-refractivity contribution in [1.82, 2.24) is 9.62 Å². The Kier molecular flexibility index (Phi) is 8.28. The Morgan fingerprint density at radius 1 is 1.48 bits per heavy atom. The number of halogens is 1. The zero-order valence-corrected chi connectivity index (χ0v) is 17.4. The molecule has 1 aromatic rings. The molecule has 0 bridgehead atoms. The smallest absolute Gasteiger partial charge is 0.252 e. The molecule has 0 aromatic carbocycles. The van der Waals surface area contributed by atoms with Crippen molar-refractivity contribution in [2.45, 2.75) is 34.2 Å². The van der Waals surface area contributed by atoms with Gasteiger partial charge in [-0.2, -0.15) is 4.31 Å². The van der Waals surface area contributed by atoms with Gasteiger partial charge in [0.15, 0.2) is 0 Å². The molecule has 0 aliphatic carbocycles. The van der Waals surface area contributed by atoms with E-state index in [-0.39, 0.29) is 33.4 Å². The quantitative estimate of drug-likeness (QED) is 0.588. The van der Waals surface area contributed by atoms with E-state index in [9.17, 15) is 16.8 Å². The molecule has 0 fully saturated rings. The van der Waals surface area contributed by atoms with E-state index in [4.69, 9.17) is 9.88 Å². The van der Waals surface area contributed by atoms with Crippen LogP contribution in [0.4, 0.5) is 0 Å². The Bertz CT molecular complexity index is 779. The molecule has 0 amide bonds. The average molecular weight is 434 g/mol. The summed E-state index contributed by atoms with van der Waals surface area (Å²) >= 11 is 0.716. The summed E-state index contributed by atoms with van der Waals surface area (Å²) in [6.07, 6.45) is 1.45. The number of methoxy groups -OCH3 is 1. The molecule has 0 saturated heterocycles. The first-order valence-electron chi connectivity index (χ1n) is 7.60. The van der Waals surface area contributed by atoms with Crippen molar-refractivity contribution in [3.8, 4) is 0 Å². The molecule has 0 unspecified atom stereocenters. The number of nitrogens with one attached hydrogen (secondary N) is 1. The maximum atomic E-state index is 12.8. The highest BCUT2D eigenvalue weighted by Gasteiger charge is 2.39.